The van der Waals surface area contributed by atoms with Crippen molar-refractivity contribution in [1.82, 2.24) is 20.9 Å². The van der Waals surface area contributed by atoms with E-state index in [-0.39, 0.29) is 37.4 Å². The monoisotopic (exact) mass is 326 g/mol. The molecule has 2 atom stereocenters. The van der Waals surface area contributed by atoms with Gasteiger partial charge in [0, 0.05) is 25.6 Å². The van der Waals surface area contributed by atoms with E-state index in [2.05, 4.69) is 16.0 Å². The standard InChI is InChI=1S/C14H22N4O5/c19-8-9-4-11(20)15-5-12(21)16-6-13(22)17-10-2-1-3-18(7-10)14(9)23/h9-10,19H,1-8H2,(H,15,20)(H,16,21)(H,17,22). The van der Waals surface area contributed by atoms with Crippen LogP contribution in [0.25, 0.3) is 0 Å². The quantitative estimate of drug-likeness (QED) is 0.418. The molecule has 0 aliphatic carbocycles. The van der Waals surface area contributed by atoms with Gasteiger partial charge in [-0.3, -0.25) is 19.2 Å². The maximum Gasteiger partial charge on any atom is 0.239 e. The molecule has 0 saturated carbocycles. The minimum Gasteiger partial charge on any atom is -0.396 e. The fourth-order valence-electron chi connectivity index (χ4n) is 2.78. The van der Waals surface area contributed by atoms with Crippen molar-refractivity contribution in [2.45, 2.75) is 25.3 Å². The van der Waals surface area contributed by atoms with Crippen LogP contribution in [0.4, 0.5) is 0 Å². The van der Waals surface area contributed by atoms with Crippen molar-refractivity contribution < 1.29 is 24.3 Å². The molecule has 4 amide bonds. The SMILES string of the molecule is O=C1CNC(=O)CC(CO)C(=O)N2CCCC(C2)NC(=O)CN1. The number of carbonyl (C=O) groups is 4. The lowest BCUT2D eigenvalue weighted by molar-refractivity contribution is -0.141. The molecule has 2 fully saturated rings. The van der Waals surface area contributed by atoms with Crippen molar-refractivity contribution >= 4 is 23.6 Å². The largest absolute Gasteiger partial charge is 0.396 e. The van der Waals surface area contributed by atoms with Gasteiger partial charge in [-0.05, 0) is 12.8 Å². The van der Waals surface area contributed by atoms with E-state index in [9.17, 15) is 24.3 Å². The summed E-state index contributed by atoms with van der Waals surface area (Å²) >= 11 is 0. The van der Waals surface area contributed by atoms with E-state index < -0.39 is 24.3 Å². The molecule has 9 heteroatoms. The lowest BCUT2D eigenvalue weighted by atomic mass is 10.00. The first kappa shape index (κ1) is 17.2. The van der Waals surface area contributed by atoms with Gasteiger partial charge in [0.2, 0.25) is 23.6 Å². The maximum atomic E-state index is 12.4. The number of rotatable bonds is 1. The molecular formula is C14H22N4O5. The average molecular weight is 326 g/mol. The second-order valence-electron chi connectivity index (χ2n) is 5.83. The van der Waals surface area contributed by atoms with E-state index in [0.29, 0.717) is 13.1 Å². The summed E-state index contributed by atoms with van der Waals surface area (Å²) in [5, 5.41) is 17.0. The first-order valence-electron chi connectivity index (χ1n) is 7.72. The number of piperidine rings is 1. The smallest absolute Gasteiger partial charge is 0.239 e. The van der Waals surface area contributed by atoms with Crippen molar-refractivity contribution in [1.29, 1.82) is 0 Å². The van der Waals surface area contributed by atoms with Gasteiger partial charge in [0.05, 0.1) is 25.6 Å². The summed E-state index contributed by atoms with van der Waals surface area (Å²) in [4.78, 5) is 49.2. The van der Waals surface area contributed by atoms with Crippen molar-refractivity contribution in [3.63, 3.8) is 0 Å². The van der Waals surface area contributed by atoms with Crippen LogP contribution in [0.1, 0.15) is 19.3 Å². The van der Waals surface area contributed by atoms with E-state index in [1.807, 2.05) is 0 Å². The van der Waals surface area contributed by atoms with Crippen molar-refractivity contribution in [2.24, 2.45) is 5.92 Å². The molecule has 0 aromatic heterocycles. The Bertz CT molecular complexity index is 496. The summed E-state index contributed by atoms with van der Waals surface area (Å²) < 4.78 is 0. The predicted molar refractivity (Wildman–Crippen MR) is 79.0 cm³/mol. The van der Waals surface area contributed by atoms with Gasteiger partial charge in [-0.2, -0.15) is 0 Å². The Labute approximate surface area is 133 Å². The van der Waals surface area contributed by atoms with Crippen LogP contribution in [-0.4, -0.2) is 72.5 Å². The zero-order valence-corrected chi connectivity index (χ0v) is 12.8. The fourth-order valence-corrected chi connectivity index (χ4v) is 2.78. The Morgan fingerprint density at radius 3 is 2.48 bits per heavy atom. The van der Waals surface area contributed by atoms with Crippen molar-refractivity contribution in [2.75, 3.05) is 32.8 Å². The highest BCUT2D eigenvalue weighted by Crippen LogP contribution is 2.15. The maximum absolute atomic E-state index is 12.4. The summed E-state index contributed by atoms with van der Waals surface area (Å²) in [6, 6.07) is -0.187. The third-order valence-corrected chi connectivity index (χ3v) is 3.99. The lowest BCUT2D eigenvalue weighted by Crippen LogP contribution is -2.54. The normalized spacial score (nSPS) is 27.6. The third-order valence-electron chi connectivity index (χ3n) is 3.99. The number of nitrogens with zero attached hydrogens (tertiary/aromatic N) is 1. The van der Waals surface area contributed by atoms with Crippen LogP contribution >= 0.6 is 0 Å². The minimum absolute atomic E-state index is 0.168. The number of hydrogen-bond acceptors (Lipinski definition) is 5. The Kier molecular flexibility index (Phi) is 5.91. The molecule has 4 N–H and O–H groups in total. The minimum atomic E-state index is -0.838. The lowest BCUT2D eigenvalue weighted by Gasteiger charge is -2.35. The van der Waals surface area contributed by atoms with Gasteiger partial charge in [0.25, 0.3) is 0 Å². The molecule has 2 saturated heterocycles. The van der Waals surface area contributed by atoms with Crippen LogP contribution < -0.4 is 16.0 Å². The van der Waals surface area contributed by atoms with E-state index in [1.165, 1.54) is 0 Å². The van der Waals surface area contributed by atoms with E-state index in [4.69, 9.17) is 0 Å². The van der Waals surface area contributed by atoms with Gasteiger partial charge in [0.15, 0.2) is 0 Å². The summed E-state index contributed by atoms with van der Waals surface area (Å²) in [6.07, 6.45) is 1.30. The summed E-state index contributed by atoms with van der Waals surface area (Å²) in [5.74, 6) is -2.44. The summed E-state index contributed by atoms with van der Waals surface area (Å²) in [6.45, 7) is 0.00663. The number of carbonyl (C=O) groups excluding carboxylic acids is 4. The highest BCUT2D eigenvalue weighted by molar-refractivity contribution is 5.90. The molecule has 0 aromatic rings. The molecule has 23 heavy (non-hydrogen) atoms. The number of amides is 4. The second-order valence-corrected chi connectivity index (χ2v) is 5.83. The van der Waals surface area contributed by atoms with Gasteiger partial charge >= 0.3 is 0 Å². The Morgan fingerprint density at radius 1 is 1.04 bits per heavy atom. The van der Waals surface area contributed by atoms with Crippen LogP contribution in [0.5, 0.6) is 0 Å². The van der Waals surface area contributed by atoms with Crippen LogP contribution in [0.2, 0.25) is 0 Å². The molecule has 2 aliphatic heterocycles. The Balaban J connectivity index is 2.11. The molecule has 2 aliphatic rings. The predicted octanol–water partition coefficient (Wildman–Crippen LogP) is -2.66. The van der Waals surface area contributed by atoms with Gasteiger partial charge in [0.1, 0.15) is 0 Å². The number of aliphatic hydroxyl groups is 1. The fraction of sp³-hybridized carbons (Fsp3) is 0.714. The van der Waals surface area contributed by atoms with E-state index >= 15 is 0 Å². The molecule has 2 heterocycles. The molecule has 2 bridgehead atoms. The van der Waals surface area contributed by atoms with Crippen LogP contribution in [0.15, 0.2) is 0 Å². The average Bonchev–Trinajstić information content (AvgIpc) is 2.55. The Hall–Kier alpha value is -2.16. The summed E-state index contributed by atoms with van der Waals surface area (Å²) in [7, 11) is 0. The topological polar surface area (TPSA) is 128 Å². The van der Waals surface area contributed by atoms with Crippen molar-refractivity contribution in [3.8, 4) is 0 Å². The second kappa shape index (κ2) is 7.91. The van der Waals surface area contributed by atoms with Gasteiger partial charge < -0.3 is 26.0 Å². The van der Waals surface area contributed by atoms with E-state index in [1.54, 1.807) is 4.90 Å². The van der Waals surface area contributed by atoms with Gasteiger partial charge in [-0.15, -0.1) is 0 Å². The van der Waals surface area contributed by atoms with Crippen LogP contribution in [0.3, 0.4) is 0 Å². The molecule has 128 valence electrons. The molecule has 2 rings (SSSR count). The molecular weight excluding hydrogens is 304 g/mol. The number of aliphatic hydroxyl groups excluding tert-OH is 1. The molecule has 0 radical (unpaired) electrons. The molecule has 0 aromatic carbocycles. The van der Waals surface area contributed by atoms with Gasteiger partial charge in [-0.1, -0.05) is 0 Å². The van der Waals surface area contributed by atoms with Crippen LogP contribution in [-0.2, 0) is 19.2 Å². The summed E-state index contributed by atoms with van der Waals surface area (Å²) in [5.41, 5.74) is 0. The highest BCUT2D eigenvalue weighted by atomic mass is 16.3. The first-order valence-corrected chi connectivity index (χ1v) is 7.72. The number of fused-ring (bicyclic) bond motifs is 2. The Morgan fingerprint density at radius 2 is 1.74 bits per heavy atom. The van der Waals surface area contributed by atoms with Gasteiger partial charge in [-0.25, -0.2) is 0 Å². The van der Waals surface area contributed by atoms with Crippen molar-refractivity contribution in [3.05, 3.63) is 0 Å². The molecule has 9 nitrogen and oxygen atoms in total. The van der Waals surface area contributed by atoms with Crippen LogP contribution in [0, 0.1) is 5.92 Å². The number of nitrogens with one attached hydrogen (secondary N) is 3. The zero-order chi connectivity index (χ0) is 16.8. The molecule has 0 spiro atoms. The first-order chi connectivity index (χ1) is 11.0. The third kappa shape index (κ3) is 4.92. The van der Waals surface area contributed by atoms with E-state index in [0.717, 1.165) is 12.8 Å². The zero-order valence-electron chi connectivity index (χ0n) is 12.8. The molecule has 2 unspecified atom stereocenters. The number of hydrogen-bond donors (Lipinski definition) is 4. The highest BCUT2D eigenvalue weighted by Gasteiger charge is 2.30.